The molecule has 23 heavy (non-hydrogen) atoms. The highest BCUT2D eigenvalue weighted by atomic mass is 16.2. The van der Waals surface area contributed by atoms with E-state index in [1.54, 1.807) is 0 Å². The minimum atomic E-state index is 0.116. The number of likely N-dealkylation sites (tertiary alicyclic amines) is 1. The number of amides is 1. The number of nitrogen functional groups attached to an aromatic ring is 1. The van der Waals surface area contributed by atoms with Gasteiger partial charge in [-0.3, -0.25) is 4.79 Å². The molecule has 0 saturated carbocycles. The Hall–Kier alpha value is -1.71. The maximum atomic E-state index is 13.1. The molecule has 2 N–H and O–H groups in total. The van der Waals surface area contributed by atoms with Gasteiger partial charge in [0.1, 0.15) is 0 Å². The van der Waals surface area contributed by atoms with Crippen molar-refractivity contribution in [3.63, 3.8) is 0 Å². The van der Waals surface area contributed by atoms with E-state index in [4.69, 9.17) is 5.73 Å². The summed E-state index contributed by atoms with van der Waals surface area (Å²) in [5, 5.41) is 0. The molecule has 0 bridgehead atoms. The molecule has 1 aliphatic rings. The van der Waals surface area contributed by atoms with E-state index < -0.39 is 0 Å². The van der Waals surface area contributed by atoms with Crippen molar-refractivity contribution in [2.45, 2.75) is 59.5 Å². The molecule has 4 heteroatoms. The lowest BCUT2D eigenvalue weighted by atomic mass is 9.98. The summed E-state index contributed by atoms with van der Waals surface area (Å²) >= 11 is 0. The highest BCUT2D eigenvalue weighted by molar-refractivity contribution is 6.01. The molecule has 0 spiro atoms. The van der Waals surface area contributed by atoms with Crippen molar-refractivity contribution in [2.24, 2.45) is 5.92 Å². The molecule has 0 aliphatic carbocycles. The predicted molar refractivity (Wildman–Crippen MR) is 97.9 cm³/mol. The largest absolute Gasteiger partial charge is 0.399 e. The Morgan fingerprint density at radius 2 is 1.91 bits per heavy atom. The molecule has 1 aromatic rings. The van der Waals surface area contributed by atoms with Crippen LogP contribution in [0.1, 0.15) is 57.8 Å². The van der Waals surface area contributed by atoms with Gasteiger partial charge in [-0.2, -0.15) is 0 Å². The third-order valence-electron chi connectivity index (χ3n) is 4.59. The van der Waals surface area contributed by atoms with Gasteiger partial charge in [0.05, 0.1) is 11.3 Å². The first kappa shape index (κ1) is 17.6. The van der Waals surface area contributed by atoms with Crippen LogP contribution in [0.15, 0.2) is 18.2 Å². The molecule has 1 fully saturated rings. The van der Waals surface area contributed by atoms with E-state index in [2.05, 4.69) is 39.5 Å². The SMILES string of the molecule is CC(C)N(c1ccc(N)cc1C(=O)N1CCC[C@H](C)C1)C(C)C. The Bertz CT molecular complexity index is 546. The molecule has 1 atom stereocenters. The molecule has 1 saturated heterocycles. The molecular weight excluding hydrogens is 286 g/mol. The minimum absolute atomic E-state index is 0.116. The smallest absolute Gasteiger partial charge is 0.256 e. The molecular formula is C19H31N3O. The van der Waals surface area contributed by atoms with Crippen LogP contribution in [0.5, 0.6) is 0 Å². The number of nitrogens with two attached hydrogens (primary N) is 1. The zero-order valence-electron chi connectivity index (χ0n) is 15.2. The highest BCUT2D eigenvalue weighted by Gasteiger charge is 2.27. The van der Waals surface area contributed by atoms with E-state index in [0.29, 0.717) is 23.7 Å². The molecule has 1 aliphatic heterocycles. The highest BCUT2D eigenvalue weighted by Crippen LogP contribution is 2.29. The third kappa shape index (κ3) is 3.98. The molecule has 0 radical (unpaired) electrons. The summed E-state index contributed by atoms with van der Waals surface area (Å²) in [6.45, 7) is 12.5. The number of carbonyl (C=O) groups excluding carboxylic acids is 1. The molecule has 1 amide bonds. The standard InChI is InChI=1S/C19H31N3O/c1-13(2)22(14(3)4)18-9-8-16(20)11-17(18)19(23)21-10-6-7-15(5)12-21/h8-9,11,13-15H,6-7,10,12,20H2,1-5H3/t15-/m0/s1. The van der Waals surface area contributed by atoms with Crippen LogP contribution in [0.4, 0.5) is 11.4 Å². The van der Waals surface area contributed by atoms with Crippen LogP contribution >= 0.6 is 0 Å². The average molecular weight is 317 g/mol. The number of nitrogens with zero attached hydrogens (tertiary/aromatic N) is 2. The first-order valence-corrected chi connectivity index (χ1v) is 8.78. The molecule has 128 valence electrons. The van der Waals surface area contributed by atoms with Gasteiger partial charge < -0.3 is 15.5 Å². The Labute approximate surface area is 140 Å². The number of rotatable bonds is 4. The van der Waals surface area contributed by atoms with E-state index in [-0.39, 0.29) is 5.91 Å². The van der Waals surface area contributed by atoms with E-state index in [0.717, 1.165) is 30.8 Å². The van der Waals surface area contributed by atoms with Gasteiger partial charge in [-0.1, -0.05) is 6.92 Å². The fourth-order valence-electron chi connectivity index (χ4n) is 3.65. The molecule has 1 heterocycles. The quantitative estimate of drug-likeness (QED) is 0.860. The summed E-state index contributed by atoms with van der Waals surface area (Å²) in [5.41, 5.74) is 8.36. The van der Waals surface area contributed by atoms with Gasteiger partial charge in [-0.25, -0.2) is 0 Å². The summed E-state index contributed by atoms with van der Waals surface area (Å²) in [4.78, 5) is 17.4. The zero-order valence-corrected chi connectivity index (χ0v) is 15.2. The van der Waals surface area contributed by atoms with Gasteiger partial charge in [-0.05, 0) is 64.7 Å². The number of hydrogen-bond acceptors (Lipinski definition) is 3. The van der Waals surface area contributed by atoms with Crippen LogP contribution in [-0.2, 0) is 0 Å². The van der Waals surface area contributed by atoms with Crippen LogP contribution < -0.4 is 10.6 Å². The first-order chi connectivity index (χ1) is 10.8. The topological polar surface area (TPSA) is 49.6 Å². The van der Waals surface area contributed by atoms with Crippen molar-refractivity contribution in [1.29, 1.82) is 0 Å². The summed E-state index contributed by atoms with van der Waals surface area (Å²) in [6.07, 6.45) is 2.29. The number of benzene rings is 1. The number of carbonyl (C=O) groups is 1. The maximum Gasteiger partial charge on any atom is 0.256 e. The van der Waals surface area contributed by atoms with Crippen LogP contribution in [0.2, 0.25) is 0 Å². The van der Waals surface area contributed by atoms with Crippen molar-refractivity contribution in [3.05, 3.63) is 23.8 Å². The fourth-order valence-corrected chi connectivity index (χ4v) is 3.65. The van der Waals surface area contributed by atoms with Gasteiger partial charge in [0.15, 0.2) is 0 Å². The van der Waals surface area contributed by atoms with E-state index >= 15 is 0 Å². The Kier molecular flexibility index (Phi) is 5.55. The Balaban J connectivity index is 2.40. The summed E-state index contributed by atoms with van der Waals surface area (Å²) in [5.74, 6) is 0.689. The second-order valence-electron chi connectivity index (χ2n) is 7.37. The number of anilines is 2. The van der Waals surface area contributed by atoms with Crippen LogP contribution in [0.3, 0.4) is 0 Å². The maximum absolute atomic E-state index is 13.1. The van der Waals surface area contributed by atoms with Crippen LogP contribution in [-0.4, -0.2) is 36.0 Å². The zero-order chi connectivity index (χ0) is 17.1. The van der Waals surface area contributed by atoms with E-state index in [9.17, 15) is 4.79 Å². The summed E-state index contributed by atoms with van der Waals surface area (Å²) < 4.78 is 0. The van der Waals surface area contributed by atoms with E-state index in [1.807, 2.05) is 23.1 Å². The van der Waals surface area contributed by atoms with Crippen molar-refractivity contribution in [3.8, 4) is 0 Å². The molecule has 1 aromatic carbocycles. The predicted octanol–water partition coefficient (Wildman–Crippen LogP) is 3.76. The monoisotopic (exact) mass is 317 g/mol. The molecule has 0 unspecified atom stereocenters. The van der Waals surface area contributed by atoms with Gasteiger partial charge >= 0.3 is 0 Å². The fraction of sp³-hybridized carbons (Fsp3) is 0.632. The van der Waals surface area contributed by atoms with Crippen LogP contribution in [0.25, 0.3) is 0 Å². The normalized spacial score (nSPS) is 18.6. The van der Waals surface area contributed by atoms with Gasteiger partial charge in [0.25, 0.3) is 5.91 Å². The van der Waals surface area contributed by atoms with Crippen LogP contribution in [0, 0.1) is 5.92 Å². The lowest BCUT2D eigenvalue weighted by Crippen LogP contribution is -2.42. The van der Waals surface area contributed by atoms with Gasteiger partial charge in [0, 0.05) is 30.9 Å². The lowest BCUT2D eigenvalue weighted by Gasteiger charge is -2.36. The van der Waals surface area contributed by atoms with Crippen molar-refractivity contribution >= 4 is 17.3 Å². The molecule has 0 aromatic heterocycles. The Morgan fingerprint density at radius 1 is 1.26 bits per heavy atom. The molecule has 4 nitrogen and oxygen atoms in total. The second kappa shape index (κ2) is 7.24. The van der Waals surface area contributed by atoms with E-state index in [1.165, 1.54) is 6.42 Å². The third-order valence-corrected chi connectivity index (χ3v) is 4.59. The number of piperidine rings is 1. The summed E-state index contributed by atoms with van der Waals surface area (Å²) in [7, 11) is 0. The average Bonchev–Trinajstić information content (AvgIpc) is 2.47. The molecule has 2 rings (SSSR count). The van der Waals surface area contributed by atoms with Gasteiger partial charge in [0.2, 0.25) is 0 Å². The summed E-state index contributed by atoms with van der Waals surface area (Å²) in [6, 6.07) is 6.38. The number of hydrogen-bond donors (Lipinski definition) is 1. The van der Waals surface area contributed by atoms with Crippen molar-refractivity contribution in [1.82, 2.24) is 4.90 Å². The minimum Gasteiger partial charge on any atom is -0.399 e. The first-order valence-electron chi connectivity index (χ1n) is 8.78. The van der Waals surface area contributed by atoms with Crippen molar-refractivity contribution < 1.29 is 4.79 Å². The van der Waals surface area contributed by atoms with Crippen molar-refractivity contribution in [2.75, 3.05) is 23.7 Å². The van der Waals surface area contributed by atoms with Gasteiger partial charge in [-0.15, -0.1) is 0 Å². The Morgan fingerprint density at radius 3 is 2.48 bits per heavy atom. The second-order valence-corrected chi connectivity index (χ2v) is 7.37. The lowest BCUT2D eigenvalue weighted by molar-refractivity contribution is 0.0683.